The smallest absolute Gasteiger partial charge is 0.224 e. The zero-order chi connectivity index (χ0) is 12.1. The third-order valence-corrected chi connectivity index (χ3v) is 2.24. The molecule has 0 spiro atoms. The van der Waals surface area contributed by atoms with Gasteiger partial charge in [0.1, 0.15) is 12.2 Å². The Morgan fingerprint density at radius 1 is 1.41 bits per heavy atom. The van der Waals surface area contributed by atoms with E-state index in [9.17, 15) is 4.39 Å². The van der Waals surface area contributed by atoms with Crippen LogP contribution in [0.4, 0.5) is 10.2 Å². The molecule has 8 heteroatoms. The van der Waals surface area contributed by atoms with E-state index in [0.29, 0.717) is 6.54 Å². The molecule has 0 aliphatic carbocycles. The number of aromatic amines is 1. The summed E-state index contributed by atoms with van der Waals surface area (Å²) in [6, 6.07) is 0. The van der Waals surface area contributed by atoms with Gasteiger partial charge in [0, 0.05) is 13.0 Å². The largest absolute Gasteiger partial charge is 0.367 e. The molecule has 0 fully saturated rings. The van der Waals surface area contributed by atoms with Gasteiger partial charge >= 0.3 is 0 Å². The van der Waals surface area contributed by atoms with Crippen molar-refractivity contribution in [3.8, 4) is 0 Å². The molecule has 2 N–H and O–H groups in total. The van der Waals surface area contributed by atoms with E-state index in [1.54, 1.807) is 0 Å². The fraction of sp³-hybridized carbons (Fsp3) is 0.333. The van der Waals surface area contributed by atoms with Crippen molar-refractivity contribution in [2.24, 2.45) is 0 Å². The Bertz CT molecular complexity index is 474. The predicted octanol–water partition coefficient (Wildman–Crippen LogP) is 1.43. The summed E-state index contributed by atoms with van der Waals surface area (Å²) in [5.41, 5.74) is 0. The summed E-state index contributed by atoms with van der Waals surface area (Å²) in [5, 5.41) is 9.34. The van der Waals surface area contributed by atoms with Gasteiger partial charge in [-0.1, -0.05) is 0 Å². The minimum atomic E-state index is -0.519. The number of anilines is 1. The second-order valence-electron chi connectivity index (χ2n) is 3.30. The Labute approximate surface area is 102 Å². The number of aromatic nitrogens is 5. The molecule has 0 saturated heterocycles. The highest BCUT2D eigenvalue weighted by Crippen LogP contribution is 2.11. The van der Waals surface area contributed by atoms with Gasteiger partial charge in [0.15, 0.2) is 11.6 Å². The molecule has 0 radical (unpaired) electrons. The van der Waals surface area contributed by atoms with Crippen LogP contribution in [0.1, 0.15) is 12.2 Å². The quantitative estimate of drug-likeness (QED) is 0.625. The predicted molar refractivity (Wildman–Crippen MR) is 60.2 cm³/mol. The lowest BCUT2D eigenvalue weighted by atomic mass is 10.3. The van der Waals surface area contributed by atoms with Gasteiger partial charge in [-0.3, -0.25) is 5.10 Å². The standard InChI is InChI=1S/C9H10ClFN6/c10-9-13-4-6(11)8(16-9)12-3-1-2-7-14-5-15-17-7/h4-5H,1-3H2,(H,12,13,16)(H,14,15,17). The highest BCUT2D eigenvalue weighted by atomic mass is 35.5. The Morgan fingerprint density at radius 2 is 2.29 bits per heavy atom. The maximum atomic E-state index is 13.2. The number of H-pyrrole nitrogens is 1. The van der Waals surface area contributed by atoms with Crippen LogP contribution in [0.25, 0.3) is 0 Å². The molecule has 90 valence electrons. The number of aryl methyl sites for hydroxylation is 1. The lowest BCUT2D eigenvalue weighted by Crippen LogP contribution is -2.07. The van der Waals surface area contributed by atoms with E-state index in [0.717, 1.165) is 24.9 Å². The van der Waals surface area contributed by atoms with Gasteiger partial charge in [0.05, 0.1) is 6.20 Å². The van der Waals surface area contributed by atoms with E-state index in [1.165, 1.54) is 6.33 Å². The summed E-state index contributed by atoms with van der Waals surface area (Å²) in [5.74, 6) is 0.393. The molecule has 0 aromatic carbocycles. The number of rotatable bonds is 5. The van der Waals surface area contributed by atoms with Crippen LogP contribution in [0, 0.1) is 5.82 Å². The highest BCUT2D eigenvalue weighted by molar-refractivity contribution is 6.28. The first-order valence-corrected chi connectivity index (χ1v) is 5.39. The first kappa shape index (κ1) is 11.7. The van der Waals surface area contributed by atoms with Crippen LogP contribution in [0.15, 0.2) is 12.5 Å². The number of hydrogen-bond acceptors (Lipinski definition) is 5. The van der Waals surface area contributed by atoms with E-state index >= 15 is 0 Å². The molecule has 0 amide bonds. The number of hydrogen-bond donors (Lipinski definition) is 2. The fourth-order valence-corrected chi connectivity index (χ4v) is 1.42. The molecule has 17 heavy (non-hydrogen) atoms. The molecule has 2 heterocycles. The van der Waals surface area contributed by atoms with Crippen LogP contribution in [-0.2, 0) is 6.42 Å². The van der Waals surface area contributed by atoms with Gasteiger partial charge in [0.2, 0.25) is 5.28 Å². The molecule has 0 saturated carbocycles. The van der Waals surface area contributed by atoms with Crippen LogP contribution >= 0.6 is 11.6 Å². The molecule has 0 aliphatic heterocycles. The number of halogens is 2. The average Bonchev–Trinajstić information content (AvgIpc) is 2.82. The Hall–Kier alpha value is -1.76. The summed E-state index contributed by atoms with van der Waals surface area (Å²) in [4.78, 5) is 11.2. The van der Waals surface area contributed by atoms with E-state index in [1.807, 2.05) is 0 Å². The third kappa shape index (κ3) is 3.35. The first-order valence-electron chi connectivity index (χ1n) is 5.02. The molecule has 0 bridgehead atoms. The molecule has 0 aliphatic rings. The lowest BCUT2D eigenvalue weighted by molar-refractivity contribution is 0.616. The molecular weight excluding hydrogens is 247 g/mol. The normalized spacial score (nSPS) is 10.5. The minimum absolute atomic E-state index is 0.0177. The van der Waals surface area contributed by atoms with Crippen molar-refractivity contribution in [1.82, 2.24) is 25.1 Å². The van der Waals surface area contributed by atoms with Gasteiger partial charge in [-0.25, -0.2) is 14.4 Å². The maximum absolute atomic E-state index is 13.2. The SMILES string of the molecule is Fc1cnc(Cl)nc1NCCCc1ncn[nH]1. The fourth-order valence-electron chi connectivity index (χ4n) is 1.28. The van der Waals surface area contributed by atoms with Crippen molar-refractivity contribution in [3.05, 3.63) is 29.4 Å². The molecule has 0 atom stereocenters. The maximum Gasteiger partial charge on any atom is 0.224 e. The zero-order valence-electron chi connectivity index (χ0n) is 8.82. The van der Waals surface area contributed by atoms with Gasteiger partial charge in [-0.05, 0) is 18.0 Å². The lowest BCUT2D eigenvalue weighted by Gasteiger charge is -2.05. The van der Waals surface area contributed by atoms with Gasteiger partial charge in [-0.15, -0.1) is 0 Å². The van der Waals surface area contributed by atoms with E-state index in [-0.39, 0.29) is 11.1 Å². The summed E-state index contributed by atoms with van der Waals surface area (Å²) < 4.78 is 13.2. The second kappa shape index (κ2) is 5.53. The Kier molecular flexibility index (Phi) is 3.81. The van der Waals surface area contributed by atoms with Crippen LogP contribution in [-0.4, -0.2) is 31.7 Å². The summed E-state index contributed by atoms with van der Waals surface area (Å²) in [7, 11) is 0. The molecule has 0 unspecified atom stereocenters. The van der Waals surface area contributed by atoms with E-state index in [4.69, 9.17) is 11.6 Å². The summed E-state index contributed by atoms with van der Waals surface area (Å²) in [6.07, 6.45) is 3.99. The Morgan fingerprint density at radius 3 is 3.06 bits per heavy atom. The van der Waals surface area contributed by atoms with Crippen LogP contribution in [0.5, 0.6) is 0 Å². The van der Waals surface area contributed by atoms with E-state index < -0.39 is 5.82 Å². The molecule has 2 aromatic heterocycles. The Balaban J connectivity index is 1.80. The molecule has 2 aromatic rings. The minimum Gasteiger partial charge on any atom is -0.367 e. The molecule has 6 nitrogen and oxygen atoms in total. The molecular formula is C9H10ClFN6. The number of nitrogens with one attached hydrogen (secondary N) is 2. The van der Waals surface area contributed by atoms with Crippen molar-refractivity contribution in [1.29, 1.82) is 0 Å². The summed E-state index contributed by atoms with van der Waals surface area (Å²) >= 11 is 5.56. The monoisotopic (exact) mass is 256 g/mol. The van der Waals surface area contributed by atoms with Gasteiger partial charge < -0.3 is 5.32 Å². The zero-order valence-corrected chi connectivity index (χ0v) is 9.58. The number of nitrogens with zero attached hydrogens (tertiary/aromatic N) is 4. The topological polar surface area (TPSA) is 79.4 Å². The second-order valence-corrected chi connectivity index (χ2v) is 3.64. The van der Waals surface area contributed by atoms with Crippen molar-refractivity contribution in [2.75, 3.05) is 11.9 Å². The third-order valence-electron chi connectivity index (χ3n) is 2.06. The van der Waals surface area contributed by atoms with Gasteiger partial charge in [0.25, 0.3) is 0 Å². The van der Waals surface area contributed by atoms with Crippen LogP contribution in [0.2, 0.25) is 5.28 Å². The molecule has 2 rings (SSSR count). The van der Waals surface area contributed by atoms with Crippen LogP contribution < -0.4 is 5.32 Å². The first-order chi connectivity index (χ1) is 8.25. The highest BCUT2D eigenvalue weighted by Gasteiger charge is 2.04. The van der Waals surface area contributed by atoms with Crippen molar-refractivity contribution < 1.29 is 4.39 Å². The average molecular weight is 257 g/mol. The van der Waals surface area contributed by atoms with Gasteiger partial charge in [-0.2, -0.15) is 10.1 Å². The van der Waals surface area contributed by atoms with Crippen LogP contribution in [0.3, 0.4) is 0 Å². The van der Waals surface area contributed by atoms with E-state index in [2.05, 4.69) is 30.5 Å². The van der Waals surface area contributed by atoms with Crippen molar-refractivity contribution in [3.63, 3.8) is 0 Å². The van der Waals surface area contributed by atoms with Crippen molar-refractivity contribution in [2.45, 2.75) is 12.8 Å². The van der Waals surface area contributed by atoms with Crippen molar-refractivity contribution >= 4 is 17.4 Å². The summed E-state index contributed by atoms with van der Waals surface area (Å²) in [6.45, 7) is 0.560.